The van der Waals surface area contributed by atoms with Gasteiger partial charge in [0.2, 0.25) is 0 Å². The van der Waals surface area contributed by atoms with Crippen molar-refractivity contribution >= 4 is 16.8 Å². The Hall–Kier alpha value is -2.21. The summed E-state index contributed by atoms with van der Waals surface area (Å²) >= 11 is 0. The molecule has 0 fully saturated rings. The minimum absolute atomic E-state index is 0.187. The second kappa shape index (κ2) is 11.4. The van der Waals surface area contributed by atoms with Crippen LogP contribution in [0.3, 0.4) is 0 Å². The predicted molar refractivity (Wildman–Crippen MR) is 107 cm³/mol. The van der Waals surface area contributed by atoms with E-state index in [9.17, 15) is 8.60 Å². The summed E-state index contributed by atoms with van der Waals surface area (Å²) in [7, 11) is -0.942. The number of nitrogens with one attached hydrogen (secondary N) is 2. The van der Waals surface area contributed by atoms with Gasteiger partial charge in [0.1, 0.15) is 5.82 Å². The molecule has 2 N–H and O–H groups in total. The highest BCUT2D eigenvalue weighted by Crippen LogP contribution is 2.06. The van der Waals surface area contributed by atoms with E-state index < -0.39 is 10.8 Å². The van der Waals surface area contributed by atoms with Gasteiger partial charge >= 0.3 is 0 Å². The van der Waals surface area contributed by atoms with Gasteiger partial charge < -0.3 is 10.6 Å². The molecule has 0 aliphatic carbocycles. The van der Waals surface area contributed by atoms with Gasteiger partial charge in [0, 0.05) is 35.4 Å². The summed E-state index contributed by atoms with van der Waals surface area (Å²) in [4.78, 5) is 4.46. The Labute approximate surface area is 157 Å². The lowest BCUT2D eigenvalue weighted by atomic mass is 10.1. The first-order valence-corrected chi connectivity index (χ1v) is 10.3. The highest BCUT2D eigenvalue weighted by molar-refractivity contribution is 7.84. The number of guanidine groups is 1. The number of aliphatic imine (C=N–C) groups is 1. The van der Waals surface area contributed by atoms with Crippen LogP contribution in [0.2, 0.25) is 0 Å². The highest BCUT2D eigenvalue weighted by Gasteiger charge is 2.04. The van der Waals surface area contributed by atoms with Gasteiger partial charge in [0.15, 0.2) is 5.96 Å². The summed E-state index contributed by atoms with van der Waals surface area (Å²) in [6.07, 6.45) is 0.580. The van der Waals surface area contributed by atoms with Crippen molar-refractivity contribution in [3.8, 4) is 0 Å². The van der Waals surface area contributed by atoms with E-state index in [-0.39, 0.29) is 5.82 Å². The molecule has 0 bridgehead atoms. The molecular formula is C20H26FN3OS. The standard InChI is InChI=1S/C20H26FN3OS/c1-2-22-20(23-13-12-18-10-6-7-11-19(18)21)24-14-15-26(25)16-17-8-4-3-5-9-17/h3-11H,2,12-16H2,1H3,(H2,22,23,24). The fourth-order valence-corrected chi connectivity index (χ4v) is 3.45. The summed E-state index contributed by atoms with van der Waals surface area (Å²) in [5.74, 6) is 1.54. The molecule has 2 aromatic carbocycles. The average molecular weight is 376 g/mol. The number of benzene rings is 2. The first-order valence-electron chi connectivity index (χ1n) is 8.83. The number of nitrogens with zero attached hydrogens (tertiary/aromatic N) is 1. The lowest BCUT2D eigenvalue weighted by Crippen LogP contribution is -2.38. The molecule has 2 aromatic rings. The Bertz CT molecular complexity index is 722. The first-order chi connectivity index (χ1) is 12.7. The molecule has 0 aromatic heterocycles. The Balaban J connectivity index is 1.76. The molecule has 1 atom stereocenters. The Morgan fingerprint density at radius 1 is 1.08 bits per heavy atom. The van der Waals surface area contributed by atoms with Gasteiger partial charge in [-0.05, 0) is 30.5 Å². The summed E-state index contributed by atoms with van der Waals surface area (Å²) in [6.45, 7) is 3.79. The third-order valence-electron chi connectivity index (χ3n) is 3.75. The summed E-state index contributed by atoms with van der Waals surface area (Å²) in [5, 5.41) is 6.35. The van der Waals surface area contributed by atoms with Crippen molar-refractivity contribution in [2.24, 2.45) is 4.99 Å². The van der Waals surface area contributed by atoms with E-state index >= 15 is 0 Å². The predicted octanol–water partition coefficient (Wildman–Crippen LogP) is 2.87. The van der Waals surface area contributed by atoms with Gasteiger partial charge in [-0.25, -0.2) is 4.39 Å². The Morgan fingerprint density at radius 3 is 2.54 bits per heavy atom. The van der Waals surface area contributed by atoms with Crippen molar-refractivity contribution in [2.45, 2.75) is 19.1 Å². The third kappa shape index (κ3) is 7.35. The number of hydrogen-bond acceptors (Lipinski definition) is 2. The summed E-state index contributed by atoms with van der Waals surface area (Å²) < 4.78 is 25.8. The molecule has 4 nitrogen and oxygen atoms in total. The van der Waals surface area contributed by atoms with Crippen LogP contribution in [0.25, 0.3) is 0 Å². The number of hydrogen-bond donors (Lipinski definition) is 2. The molecule has 140 valence electrons. The van der Waals surface area contributed by atoms with E-state index in [1.807, 2.05) is 43.3 Å². The molecule has 2 rings (SSSR count). The second-order valence-electron chi connectivity index (χ2n) is 5.80. The molecule has 26 heavy (non-hydrogen) atoms. The SMILES string of the molecule is CCNC(=NCCS(=O)Cc1ccccc1)NCCc1ccccc1F. The van der Waals surface area contributed by atoms with E-state index in [1.165, 1.54) is 6.07 Å². The zero-order valence-corrected chi connectivity index (χ0v) is 15.9. The molecule has 0 heterocycles. The zero-order valence-electron chi connectivity index (χ0n) is 15.1. The van der Waals surface area contributed by atoms with Crippen molar-refractivity contribution in [2.75, 3.05) is 25.4 Å². The number of rotatable bonds is 9. The van der Waals surface area contributed by atoms with Gasteiger partial charge in [-0.15, -0.1) is 0 Å². The highest BCUT2D eigenvalue weighted by atomic mass is 32.2. The lowest BCUT2D eigenvalue weighted by Gasteiger charge is -2.11. The minimum atomic E-state index is -0.942. The monoisotopic (exact) mass is 375 g/mol. The molecule has 0 saturated carbocycles. The van der Waals surface area contributed by atoms with Crippen LogP contribution in [-0.4, -0.2) is 35.6 Å². The molecule has 0 aliphatic rings. The summed E-state index contributed by atoms with van der Waals surface area (Å²) in [6, 6.07) is 16.6. The van der Waals surface area contributed by atoms with Crippen molar-refractivity contribution in [1.82, 2.24) is 10.6 Å². The van der Waals surface area contributed by atoms with Crippen LogP contribution in [0.1, 0.15) is 18.1 Å². The van der Waals surface area contributed by atoms with Crippen LogP contribution in [-0.2, 0) is 23.0 Å². The minimum Gasteiger partial charge on any atom is -0.357 e. The van der Waals surface area contributed by atoms with Crippen LogP contribution in [0, 0.1) is 5.82 Å². The molecule has 0 spiro atoms. The maximum atomic E-state index is 13.6. The fourth-order valence-electron chi connectivity index (χ4n) is 2.45. The molecule has 0 radical (unpaired) electrons. The van der Waals surface area contributed by atoms with E-state index in [0.29, 0.717) is 42.5 Å². The molecule has 0 aliphatic heterocycles. The second-order valence-corrected chi connectivity index (χ2v) is 7.38. The lowest BCUT2D eigenvalue weighted by molar-refractivity contribution is 0.607. The van der Waals surface area contributed by atoms with Gasteiger partial charge in [0.25, 0.3) is 0 Å². The molecular weight excluding hydrogens is 349 g/mol. The smallest absolute Gasteiger partial charge is 0.191 e. The summed E-state index contributed by atoms with van der Waals surface area (Å²) in [5.41, 5.74) is 1.75. The number of halogens is 1. The van der Waals surface area contributed by atoms with Gasteiger partial charge in [-0.1, -0.05) is 48.5 Å². The molecule has 1 unspecified atom stereocenters. The van der Waals surface area contributed by atoms with E-state index in [1.54, 1.807) is 12.1 Å². The van der Waals surface area contributed by atoms with E-state index in [4.69, 9.17) is 0 Å². The molecule has 6 heteroatoms. The van der Waals surface area contributed by atoms with Crippen LogP contribution in [0.5, 0.6) is 0 Å². The Morgan fingerprint density at radius 2 is 1.81 bits per heavy atom. The third-order valence-corrected chi connectivity index (χ3v) is 5.04. The molecule has 0 saturated heterocycles. The van der Waals surface area contributed by atoms with Crippen LogP contribution >= 0.6 is 0 Å². The largest absolute Gasteiger partial charge is 0.357 e. The fraction of sp³-hybridized carbons (Fsp3) is 0.350. The topological polar surface area (TPSA) is 53.5 Å². The van der Waals surface area contributed by atoms with Crippen molar-refractivity contribution in [3.63, 3.8) is 0 Å². The molecule has 0 amide bonds. The van der Waals surface area contributed by atoms with Crippen molar-refractivity contribution in [3.05, 3.63) is 71.5 Å². The quantitative estimate of drug-likeness (QED) is 0.523. The first kappa shape index (κ1) is 20.1. The van der Waals surface area contributed by atoms with E-state index in [0.717, 1.165) is 12.1 Å². The van der Waals surface area contributed by atoms with E-state index in [2.05, 4.69) is 15.6 Å². The van der Waals surface area contributed by atoms with Crippen LogP contribution in [0.4, 0.5) is 4.39 Å². The maximum Gasteiger partial charge on any atom is 0.191 e. The van der Waals surface area contributed by atoms with Crippen LogP contribution in [0.15, 0.2) is 59.6 Å². The zero-order chi connectivity index (χ0) is 18.6. The van der Waals surface area contributed by atoms with Crippen molar-refractivity contribution < 1.29 is 8.60 Å². The normalized spacial score (nSPS) is 12.6. The van der Waals surface area contributed by atoms with Crippen LogP contribution < -0.4 is 10.6 Å². The van der Waals surface area contributed by atoms with Gasteiger partial charge in [0.05, 0.1) is 6.54 Å². The Kier molecular flexibility index (Phi) is 8.83. The van der Waals surface area contributed by atoms with Gasteiger partial charge in [-0.2, -0.15) is 0 Å². The maximum absolute atomic E-state index is 13.6. The average Bonchev–Trinajstić information content (AvgIpc) is 2.64. The van der Waals surface area contributed by atoms with Crippen molar-refractivity contribution in [1.29, 1.82) is 0 Å². The van der Waals surface area contributed by atoms with Gasteiger partial charge in [-0.3, -0.25) is 9.20 Å².